The van der Waals surface area contributed by atoms with Crippen LogP contribution in [-0.4, -0.2) is 34.6 Å². The van der Waals surface area contributed by atoms with Crippen LogP contribution in [0.15, 0.2) is 70.0 Å². The van der Waals surface area contributed by atoms with Crippen LogP contribution in [0, 0.1) is 6.92 Å². The first-order valence-corrected chi connectivity index (χ1v) is 11.2. The van der Waals surface area contributed by atoms with Gasteiger partial charge in [-0.05, 0) is 43.7 Å². The Balaban J connectivity index is 1.46. The summed E-state index contributed by atoms with van der Waals surface area (Å²) in [4.78, 5) is 42.0. The van der Waals surface area contributed by atoms with E-state index in [4.69, 9.17) is 18.7 Å². The van der Waals surface area contributed by atoms with Gasteiger partial charge in [-0.2, -0.15) is 0 Å². The first kappa shape index (κ1) is 24.5. The van der Waals surface area contributed by atoms with Crippen molar-refractivity contribution in [3.8, 4) is 11.5 Å². The highest BCUT2D eigenvalue weighted by molar-refractivity contribution is 5.98. The van der Waals surface area contributed by atoms with E-state index in [-0.39, 0.29) is 17.9 Å². The maximum absolute atomic E-state index is 12.9. The molecule has 0 fully saturated rings. The molecule has 0 unspecified atom stereocenters. The Morgan fingerprint density at radius 1 is 1.11 bits per heavy atom. The molecule has 1 amide bonds. The number of anilines is 1. The van der Waals surface area contributed by atoms with Gasteiger partial charge in [0, 0.05) is 12.1 Å². The molecule has 10 heteroatoms. The van der Waals surface area contributed by atoms with Crippen LogP contribution in [0.1, 0.15) is 35.2 Å². The van der Waals surface area contributed by atoms with Crippen molar-refractivity contribution in [2.75, 3.05) is 12.4 Å². The minimum Gasteiger partial charge on any atom is -0.495 e. The summed E-state index contributed by atoms with van der Waals surface area (Å²) in [5.41, 5.74) is 0.652. The molecule has 10 nitrogen and oxygen atoms in total. The summed E-state index contributed by atoms with van der Waals surface area (Å²) in [5.74, 6) is 0.413. The van der Waals surface area contributed by atoms with Gasteiger partial charge in [-0.1, -0.05) is 25.1 Å². The lowest BCUT2D eigenvalue weighted by Crippen LogP contribution is -2.32. The van der Waals surface area contributed by atoms with Crippen molar-refractivity contribution in [2.24, 2.45) is 0 Å². The standard InChI is InChI=1S/C26H25N3O7/c1-4-21(35-19-8-6-5-7-9-19)25(31)28-20-13-17(10-11-22(20)33-3)26(32)34-15-18-14-24(30)29-23(27-18)12-16(2)36-29/h5-14,21H,4,15H2,1-3H3,(H,28,31)/t21-/m1/s1. The summed E-state index contributed by atoms with van der Waals surface area (Å²) in [5, 5.41) is 2.77. The molecule has 0 spiro atoms. The van der Waals surface area contributed by atoms with E-state index in [9.17, 15) is 14.4 Å². The number of esters is 1. The smallest absolute Gasteiger partial charge is 0.338 e. The lowest BCUT2D eigenvalue weighted by atomic mass is 10.1. The number of hydrogen-bond acceptors (Lipinski definition) is 8. The van der Waals surface area contributed by atoms with Crippen molar-refractivity contribution >= 4 is 23.2 Å². The highest BCUT2D eigenvalue weighted by Gasteiger charge is 2.21. The number of amides is 1. The number of fused-ring (bicyclic) bond motifs is 1. The predicted octanol–water partition coefficient (Wildman–Crippen LogP) is 3.76. The Morgan fingerprint density at radius 2 is 1.89 bits per heavy atom. The molecule has 1 N–H and O–H groups in total. The first-order valence-electron chi connectivity index (χ1n) is 11.2. The van der Waals surface area contributed by atoms with Crippen LogP contribution in [0.2, 0.25) is 0 Å². The molecule has 2 aromatic carbocycles. The largest absolute Gasteiger partial charge is 0.495 e. The van der Waals surface area contributed by atoms with Gasteiger partial charge in [-0.25, -0.2) is 9.78 Å². The number of nitrogens with zero attached hydrogens (tertiary/aromatic N) is 2. The number of aromatic nitrogens is 2. The molecule has 36 heavy (non-hydrogen) atoms. The fourth-order valence-corrected chi connectivity index (χ4v) is 3.50. The number of para-hydroxylation sites is 1. The lowest BCUT2D eigenvalue weighted by molar-refractivity contribution is -0.122. The number of nitrogens with one attached hydrogen (secondary N) is 1. The summed E-state index contributed by atoms with van der Waals surface area (Å²) < 4.78 is 22.8. The van der Waals surface area contributed by atoms with Crippen molar-refractivity contribution in [1.29, 1.82) is 0 Å². The van der Waals surface area contributed by atoms with Crippen molar-refractivity contribution in [1.82, 2.24) is 9.56 Å². The van der Waals surface area contributed by atoms with Gasteiger partial charge in [0.25, 0.3) is 11.5 Å². The van der Waals surface area contributed by atoms with E-state index in [1.807, 2.05) is 25.1 Å². The second kappa shape index (κ2) is 10.8. The van der Waals surface area contributed by atoms with E-state index in [1.165, 1.54) is 25.3 Å². The lowest BCUT2D eigenvalue weighted by Gasteiger charge is -2.18. The molecule has 0 saturated heterocycles. The van der Waals surface area contributed by atoms with Crippen molar-refractivity contribution in [3.63, 3.8) is 0 Å². The van der Waals surface area contributed by atoms with Crippen LogP contribution in [0.25, 0.3) is 5.65 Å². The van der Waals surface area contributed by atoms with E-state index >= 15 is 0 Å². The Hall–Kier alpha value is -4.60. The molecule has 0 aliphatic carbocycles. The van der Waals surface area contributed by atoms with E-state index < -0.39 is 23.5 Å². The minimum atomic E-state index is -0.751. The van der Waals surface area contributed by atoms with Gasteiger partial charge < -0.3 is 24.1 Å². The first-order chi connectivity index (χ1) is 17.4. The van der Waals surface area contributed by atoms with Crippen LogP contribution in [0.3, 0.4) is 0 Å². The Morgan fingerprint density at radius 3 is 2.61 bits per heavy atom. The molecule has 2 aromatic heterocycles. The SMILES string of the molecule is CC[C@@H](Oc1ccccc1)C(=O)Nc1cc(C(=O)OCc2cc(=O)n3oc(C)cc3n2)ccc1OC. The number of hydrogen-bond donors (Lipinski definition) is 1. The van der Waals surface area contributed by atoms with Gasteiger partial charge in [0.1, 0.15) is 23.9 Å². The number of carbonyl (C=O) groups excluding carboxylic acids is 2. The van der Waals surface area contributed by atoms with Crippen LogP contribution < -0.4 is 20.3 Å². The van der Waals surface area contributed by atoms with Crippen LogP contribution >= 0.6 is 0 Å². The molecule has 4 aromatic rings. The highest BCUT2D eigenvalue weighted by Crippen LogP contribution is 2.27. The zero-order chi connectivity index (χ0) is 25.7. The fourth-order valence-electron chi connectivity index (χ4n) is 3.50. The number of benzene rings is 2. The van der Waals surface area contributed by atoms with E-state index in [0.29, 0.717) is 35.0 Å². The van der Waals surface area contributed by atoms with Gasteiger partial charge in [-0.3, -0.25) is 9.59 Å². The quantitative estimate of drug-likeness (QED) is 0.351. The highest BCUT2D eigenvalue weighted by atomic mass is 16.5. The molecule has 2 heterocycles. The van der Waals surface area contributed by atoms with Gasteiger partial charge in [0.05, 0.1) is 24.1 Å². The zero-order valence-corrected chi connectivity index (χ0v) is 20.0. The normalized spacial score (nSPS) is 11.6. The Kier molecular flexibility index (Phi) is 7.33. The zero-order valence-electron chi connectivity index (χ0n) is 20.0. The molecular formula is C26H25N3O7. The van der Waals surface area contributed by atoms with Crippen molar-refractivity contribution in [3.05, 3.63) is 88.0 Å². The van der Waals surface area contributed by atoms with Crippen molar-refractivity contribution in [2.45, 2.75) is 33.0 Å². The molecule has 0 aliphatic rings. The second-order valence-electron chi connectivity index (χ2n) is 7.89. The number of methoxy groups -OCH3 is 1. The Labute approximate surface area is 206 Å². The summed E-state index contributed by atoms with van der Waals surface area (Å²) >= 11 is 0. The molecule has 186 valence electrons. The maximum atomic E-state index is 12.9. The molecule has 1 atom stereocenters. The van der Waals surface area contributed by atoms with Crippen LogP contribution in [0.4, 0.5) is 5.69 Å². The summed E-state index contributed by atoms with van der Waals surface area (Å²) in [7, 11) is 1.46. The average molecular weight is 492 g/mol. The average Bonchev–Trinajstić information content (AvgIpc) is 3.27. The van der Waals surface area contributed by atoms with E-state index in [0.717, 1.165) is 4.57 Å². The number of carbonyl (C=O) groups is 2. The topological polar surface area (TPSA) is 121 Å². The van der Waals surface area contributed by atoms with Gasteiger partial charge in [0.2, 0.25) is 0 Å². The van der Waals surface area contributed by atoms with Crippen LogP contribution in [0.5, 0.6) is 11.5 Å². The third kappa shape index (κ3) is 5.54. The molecule has 0 aliphatic heterocycles. The van der Waals surface area contributed by atoms with E-state index in [2.05, 4.69) is 10.3 Å². The minimum absolute atomic E-state index is 0.181. The number of ether oxygens (including phenoxy) is 3. The maximum Gasteiger partial charge on any atom is 0.338 e. The van der Waals surface area contributed by atoms with Crippen LogP contribution in [-0.2, 0) is 16.1 Å². The molecular weight excluding hydrogens is 466 g/mol. The summed E-state index contributed by atoms with van der Waals surface area (Å²) in [6.07, 6.45) is -0.322. The summed E-state index contributed by atoms with van der Waals surface area (Å²) in [6, 6.07) is 16.4. The molecule has 0 bridgehead atoms. The Bertz CT molecular complexity index is 1440. The third-order valence-corrected chi connectivity index (χ3v) is 5.25. The monoisotopic (exact) mass is 491 g/mol. The van der Waals surface area contributed by atoms with Gasteiger partial charge >= 0.3 is 5.97 Å². The molecule has 4 rings (SSSR count). The third-order valence-electron chi connectivity index (χ3n) is 5.25. The molecule has 0 radical (unpaired) electrons. The fraction of sp³-hybridized carbons (Fsp3) is 0.231. The summed E-state index contributed by atoms with van der Waals surface area (Å²) in [6.45, 7) is 3.32. The van der Waals surface area contributed by atoms with E-state index in [1.54, 1.807) is 31.2 Å². The molecule has 0 saturated carbocycles. The van der Waals surface area contributed by atoms with Crippen molar-refractivity contribution < 1.29 is 28.3 Å². The number of aryl methyl sites for hydroxylation is 1. The van der Waals surface area contributed by atoms with Gasteiger partial charge in [-0.15, -0.1) is 4.57 Å². The predicted molar refractivity (Wildman–Crippen MR) is 130 cm³/mol. The van der Waals surface area contributed by atoms with Gasteiger partial charge in [0.15, 0.2) is 11.8 Å². The number of rotatable bonds is 9. The second-order valence-corrected chi connectivity index (χ2v) is 7.89.